The number of fused-ring (bicyclic) bond motifs is 1. The first-order valence-electron chi connectivity index (χ1n) is 4.85. The Morgan fingerprint density at radius 2 is 2.64 bits per heavy atom. The summed E-state index contributed by atoms with van der Waals surface area (Å²) in [5.74, 6) is 0. The topological polar surface area (TPSA) is 50.4 Å². The number of nitrogens with zero attached hydrogens (tertiary/aromatic N) is 1. The molecular weight excluding hydrogens is 194 g/mol. The molecule has 2 aliphatic heterocycles. The van der Waals surface area contributed by atoms with Crippen molar-refractivity contribution in [1.82, 2.24) is 5.32 Å². The lowest BCUT2D eigenvalue weighted by atomic mass is 10.1. The summed E-state index contributed by atoms with van der Waals surface area (Å²) in [5.41, 5.74) is 5.70. The van der Waals surface area contributed by atoms with Crippen LogP contribution in [0.2, 0.25) is 0 Å². The van der Waals surface area contributed by atoms with Gasteiger partial charge in [0, 0.05) is 17.5 Å². The van der Waals surface area contributed by atoms with E-state index in [9.17, 15) is 0 Å². The standard InChI is InChI=1S/C10H15N3S/c1-2-3-7-6-8-9(4-5-12-7)14-10(11)13-8/h2,4,7-8,12H,1,3,5-6H2,(H2,11,13). The zero-order chi connectivity index (χ0) is 9.97. The highest BCUT2D eigenvalue weighted by molar-refractivity contribution is 8.17. The van der Waals surface area contributed by atoms with Crippen LogP contribution in [0.1, 0.15) is 12.8 Å². The van der Waals surface area contributed by atoms with Crippen molar-refractivity contribution in [3.63, 3.8) is 0 Å². The number of hydrogen-bond acceptors (Lipinski definition) is 4. The van der Waals surface area contributed by atoms with Gasteiger partial charge in [0.15, 0.2) is 5.17 Å². The smallest absolute Gasteiger partial charge is 0.159 e. The van der Waals surface area contributed by atoms with Crippen LogP contribution in [0.4, 0.5) is 0 Å². The minimum Gasteiger partial charge on any atom is -0.378 e. The van der Waals surface area contributed by atoms with Crippen LogP contribution in [-0.2, 0) is 0 Å². The van der Waals surface area contributed by atoms with E-state index in [2.05, 4.69) is 23.0 Å². The second kappa shape index (κ2) is 4.19. The summed E-state index contributed by atoms with van der Waals surface area (Å²) in [4.78, 5) is 5.72. The lowest BCUT2D eigenvalue weighted by molar-refractivity contribution is 0.499. The Morgan fingerprint density at radius 1 is 1.79 bits per heavy atom. The van der Waals surface area contributed by atoms with Crippen LogP contribution in [0, 0.1) is 0 Å². The van der Waals surface area contributed by atoms with Crippen molar-refractivity contribution >= 4 is 16.9 Å². The molecule has 76 valence electrons. The van der Waals surface area contributed by atoms with E-state index in [-0.39, 0.29) is 0 Å². The van der Waals surface area contributed by atoms with Crippen LogP contribution >= 0.6 is 11.8 Å². The SMILES string of the molecule is C=CCC1CC2N=C(N)SC2=CCN1. The second-order valence-electron chi connectivity index (χ2n) is 3.56. The number of nitrogens with one attached hydrogen (secondary N) is 1. The van der Waals surface area contributed by atoms with Gasteiger partial charge >= 0.3 is 0 Å². The predicted molar refractivity (Wildman–Crippen MR) is 62.3 cm³/mol. The van der Waals surface area contributed by atoms with Crippen molar-refractivity contribution in [3.8, 4) is 0 Å². The molecule has 2 heterocycles. The third-order valence-corrected chi connectivity index (χ3v) is 3.49. The Labute approximate surface area is 88.5 Å². The minimum absolute atomic E-state index is 0.292. The maximum Gasteiger partial charge on any atom is 0.159 e. The molecule has 4 heteroatoms. The molecular formula is C10H15N3S. The molecule has 14 heavy (non-hydrogen) atoms. The molecule has 0 aromatic rings. The van der Waals surface area contributed by atoms with Crippen molar-refractivity contribution in [1.29, 1.82) is 0 Å². The van der Waals surface area contributed by atoms with Crippen molar-refractivity contribution in [3.05, 3.63) is 23.6 Å². The van der Waals surface area contributed by atoms with Crippen molar-refractivity contribution in [2.24, 2.45) is 10.7 Å². The number of rotatable bonds is 2. The molecule has 0 aliphatic carbocycles. The second-order valence-corrected chi connectivity index (χ2v) is 4.65. The number of hydrogen-bond donors (Lipinski definition) is 2. The summed E-state index contributed by atoms with van der Waals surface area (Å²) < 4.78 is 0. The van der Waals surface area contributed by atoms with E-state index in [4.69, 9.17) is 5.73 Å². The number of nitrogens with two attached hydrogens (primary N) is 1. The van der Waals surface area contributed by atoms with Gasteiger partial charge in [-0.2, -0.15) is 0 Å². The highest BCUT2D eigenvalue weighted by atomic mass is 32.2. The van der Waals surface area contributed by atoms with Crippen LogP contribution in [0.25, 0.3) is 0 Å². The summed E-state index contributed by atoms with van der Waals surface area (Å²) in [6.07, 6.45) is 6.18. The number of thioether (sulfide) groups is 1. The maximum absolute atomic E-state index is 5.70. The normalized spacial score (nSPS) is 31.4. The third-order valence-electron chi connectivity index (χ3n) is 2.50. The van der Waals surface area contributed by atoms with Gasteiger partial charge in [-0.25, -0.2) is 0 Å². The van der Waals surface area contributed by atoms with Crippen LogP contribution < -0.4 is 11.1 Å². The quantitative estimate of drug-likeness (QED) is 0.673. The molecule has 0 bridgehead atoms. The molecule has 2 unspecified atom stereocenters. The lowest BCUT2D eigenvalue weighted by Gasteiger charge is -2.15. The molecule has 0 amide bonds. The molecule has 0 aromatic carbocycles. The van der Waals surface area contributed by atoms with Gasteiger partial charge in [0.25, 0.3) is 0 Å². The van der Waals surface area contributed by atoms with Crippen molar-refractivity contribution in [2.75, 3.05) is 6.54 Å². The van der Waals surface area contributed by atoms with Crippen LogP contribution in [0.5, 0.6) is 0 Å². The largest absolute Gasteiger partial charge is 0.378 e. The summed E-state index contributed by atoms with van der Waals surface area (Å²) >= 11 is 1.61. The fraction of sp³-hybridized carbons (Fsp3) is 0.500. The molecule has 3 nitrogen and oxygen atoms in total. The van der Waals surface area contributed by atoms with E-state index < -0.39 is 0 Å². The van der Waals surface area contributed by atoms with Crippen molar-refractivity contribution < 1.29 is 0 Å². The van der Waals surface area contributed by atoms with Gasteiger partial charge in [0.1, 0.15) is 0 Å². The average molecular weight is 209 g/mol. The number of amidine groups is 1. The van der Waals surface area contributed by atoms with Gasteiger partial charge in [0.2, 0.25) is 0 Å². The van der Waals surface area contributed by atoms with Gasteiger partial charge in [-0.3, -0.25) is 4.99 Å². The molecule has 0 spiro atoms. The fourth-order valence-corrected chi connectivity index (χ4v) is 2.71. The first-order valence-corrected chi connectivity index (χ1v) is 5.66. The number of aliphatic imine (C=N–C) groups is 1. The summed E-state index contributed by atoms with van der Waals surface area (Å²) in [5, 5.41) is 4.16. The first-order chi connectivity index (χ1) is 6.79. The van der Waals surface area contributed by atoms with E-state index in [1.807, 2.05) is 6.08 Å². The molecule has 0 radical (unpaired) electrons. The van der Waals surface area contributed by atoms with E-state index in [0.717, 1.165) is 19.4 Å². The Morgan fingerprint density at radius 3 is 3.43 bits per heavy atom. The van der Waals surface area contributed by atoms with Crippen LogP contribution in [0.3, 0.4) is 0 Å². The predicted octanol–water partition coefficient (Wildman–Crippen LogP) is 1.24. The van der Waals surface area contributed by atoms with Gasteiger partial charge < -0.3 is 11.1 Å². The van der Waals surface area contributed by atoms with Gasteiger partial charge in [-0.15, -0.1) is 6.58 Å². The van der Waals surface area contributed by atoms with Gasteiger partial charge in [0.05, 0.1) is 6.04 Å². The lowest BCUT2D eigenvalue weighted by Crippen LogP contribution is -2.29. The molecule has 2 rings (SSSR count). The molecule has 3 N–H and O–H groups in total. The molecule has 0 fully saturated rings. The summed E-state index contributed by atoms with van der Waals surface area (Å²) in [7, 11) is 0. The highest BCUT2D eigenvalue weighted by Gasteiger charge is 2.26. The fourth-order valence-electron chi connectivity index (χ4n) is 1.84. The van der Waals surface area contributed by atoms with E-state index >= 15 is 0 Å². The Kier molecular flexibility index (Phi) is 2.93. The van der Waals surface area contributed by atoms with Crippen molar-refractivity contribution in [2.45, 2.75) is 24.9 Å². The van der Waals surface area contributed by atoms with E-state index in [1.165, 1.54) is 4.91 Å². The Bertz CT molecular complexity index is 296. The molecule has 2 atom stereocenters. The third kappa shape index (κ3) is 2.01. The monoisotopic (exact) mass is 209 g/mol. The minimum atomic E-state index is 0.292. The Hall–Kier alpha value is -0.740. The first kappa shape index (κ1) is 9.80. The van der Waals surface area contributed by atoms with Gasteiger partial charge in [-0.1, -0.05) is 23.9 Å². The molecule has 2 aliphatic rings. The van der Waals surface area contributed by atoms with E-state index in [0.29, 0.717) is 17.3 Å². The Balaban J connectivity index is 2.06. The molecule has 0 saturated heterocycles. The highest BCUT2D eigenvalue weighted by Crippen LogP contribution is 2.32. The zero-order valence-electron chi connectivity index (χ0n) is 8.07. The average Bonchev–Trinajstić information content (AvgIpc) is 2.37. The van der Waals surface area contributed by atoms with Crippen LogP contribution in [0.15, 0.2) is 28.6 Å². The van der Waals surface area contributed by atoms with Crippen LogP contribution in [-0.4, -0.2) is 23.8 Å². The summed E-state index contributed by atoms with van der Waals surface area (Å²) in [6.45, 7) is 4.68. The zero-order valence-corrected chi connectivity index (χ0v) is 8.89. The maximum atomic E-state index is 5.70. The summed E-state index contributed by atoms with van der Waals surface area (Å²) in [6, 6.07) is 0.779. The van der Waals surface area contributed by atoms with E-state index in [1.54, 1.807) is 11.8 Å². The van der Waals surface area contributed by atoms with Gasteiger partial charge in [-0.05, 0) is 12.8 Å². The molecule has 0 saturated carbocycles. The molecule has 0 aromatic heterocycles.